The summed E-state index contributed by atoms with van der Waals surface area (Å²) in [7, 11) is 0. The van der Waals surface area contributed by atoms with Crippen LogP contribution in [0, 0.1) is 10.5 Å². The molecular formula is C7H9IN2OS. The molecule has 0 saturated heterocycles. The topological polar surface area (TPSA) is 34.9 Å². The van der Waals surface area contributed by atoms with Crippen LogP contribution in [-0.2, 0) is 6.54 Å². The van der Waals surface area contributed by atoms with Crippen LogP contribution in [0.15, 0.2) is 11.1 Å². The molecule has 1 aromatic rings. The first-order valence-corrected chi connectivity index (χ1v) is 5.20. The Kier molecular flexibility index (Phi) is 3.57. The number of hydrogen-bond acceptors (Lipinski definition) is 3. The lowest BCUT2D eigenvalue weighted by Crippen LogP contribution is -2.24. The fraction of sp³-hybridized carbons (Fsp3) is 0.429. The number of nitrogens with zero attached hydrogens (tertiary/aromatic N) is 2. The normalized spacial score (nSPS) is 10.2. The van der Waals surface area contributed by atoms with Crippen molar-refractivity contribution in [3.8, 4) is 0 Å². The summed E-state index contributed by atoms with van der Waals surface area (Å²) in [6.45, 7) is 2.44. The molecule has 0 unspecified atom stereocenters. The molecule has 0 radical (unpaired) electrons. The summed E-state index contributed by atoms with van der Waals surface area (Å²) in [6, 6.07) is 0. The maximum absolute atomic E-state index is 11.5. The van der Waals surface area contributed by atoms with Gasteiger partial charge in [-0.25, -0.2) is 4.98 Å². The van der Waals surface area contributed by atoms with Crippen molar-refractivity contribution < 1.29 is 0 Å². The number of thiol groups is 1. The third-order valence-corrected chi connectivity index (χ3v) is 2.94. The smallest absolute Gasteiger partial charge is 0.267 e. The Labute approximate surface area is 89.8 Å². The van der Waals surface area contributed by atoms with E-state index in [1.165, 1.54) is 0 Å². The molecule has 0 aliphatic heterocycles. The summed E-state index contributed by atoms with van der Waals surface area (Å²) < 4.78 is 2.26. The van der Waals surface area contributed by atoms with Crippen molar-refractivity contribution in [2.75, 3.05) is 5.75 Å². The lowest BCUT2D eigenvalue weighted by molar-refractivity contribution is 0.704. The van der Waals surface area contributed by atoms with E-state index in [-0.39, 0.29) is 5.56 Å². The van der Waals surface area contributed by atoms with Gasteiger partial charge in [-0.1, -0.05) is 0 Å². The van der Waals surface area contributed by atoms with Crippen molar-refractivity contribution in [3.63, 3.8) is 0 Å². The molecule has 0 fully saturated rings. The van der Waals surface area contributed by atoms with Crippen molar-refractivity contribution in [1.82, 2.24) is 9.55 Å². The lowest BCUT2D eigenvalue weighted by atomic mass is 10.4. The summed E-state index contributed by atoms with van der Waals surface area (Å²) in [5.41, 5.74) is 0.813. The van der Waals surface area contributed by atoms with Gasteiger partial charge in [0, 0.05) is 12.3 Å². The molecule has 0 aliphatic carbocycles. The van der Waals surface area contributed by atoms with Crippen LogP contribution in [0.2, 0.25) is 0 Å². The van der Waals surface area contributed by atoms with Crippen LogP contribution in [0.5, 0.6) is 0 Å². The van der Waals surface area contributed by atoms with E-state index in [4.69, 9.17) is 0 Å². The minimum absolute atomic E-state index is 0.0251. The van der Waals surface area contributed by atoms with Gasteiger partial charge >= 0.3 is 0 Å². The standard InChI is InChI=1S/C7H9IN2OS/c1-5-6(8)7(11)10(2-3-12)4-9-5/h4,12H,2-3H2,1H3. The van der Waals surface area contributed by atoms with Gasteiger partial charge in [0.1, 0.15) is 0 Å². The molecule has 1 heterocycles. The van der Waals surface area contributed by atoms with Crippen molar-refractivity contribution in [3.05, 3.63) is 25.9 Å². The van der Waals surface area contributed by atoms with Gasteiger partial charge in [0.2, 0.25) is 0 Å². The van der Waals surface area contributed by atoms with Crippen molar-refractivity contribution in [2.24, 2.45) is 0 Å². The highest BCUT2D eigenvalue weighted by atomic mass is 127. The monoisotopic (exact) mass is 296 g/mol. The van der Waals surface area contributed by atoms with Gasteiger partial charge in [-0.15, -0.1) is 0 Å². The van der Waals surface area contributed by atoms with Crippen LogP contribution in [0.1, 0.15) is 5.69 Å². The summed E-state index contributed by atoms with van der Waals surface area (Å²) in [6.07, 6.45) is 1.57. The van der Waals surface area contributed by atoms with Crippen LogP contribution in [-0.4, -0.2) is 15.3 Å². The molecule has 0 bridgehead atoms. The Bertz CT molecular complexity index is 337. The first kappa shape index (κ1) is 10.0. The number of hydrogen-bond donors (Lipinski definition) is 1. The van der Waals surface area contributed by atoms with Crippen LogP contribution >= 0.6 is 35.2 Å². The molecule has 3 nitrogen and oxygen atoms in total. The van der Waals surface area contributed by atoms with Gasteiger partial charge in [-0.3, -0.25) is 9.36 Å². The van der Waals surface area contributed by atoms with Crippen LogP contribution in [0.3, 0.4) is 0 Å². The molecule has 66 valence electrons. The van der Waals surface area contributed by atoms with E-state index in [9.17, 15) is 4.79 Å². The number of halogens is 1. The zero-order valence-electron chi connectivity index (χ0n) is 6.62. The van der Waals surface area contributed by atoms with E-state index in [0.29, 0.717) is 15.9 Å². The molecule has 12 heavy (non-hydrogen) atoms. The third-order valence-electron chi connectivity index (χ3n) is 1.50. The average Bonchev–Trinajstić information content (AvgIpc) is 2.07. The Morgan fingerprint density at radius 1 is 1.75 bits per heavy atom. The van der Waals surface area contributed by atoms with Crippen LogP contribution in [0.25, 0.3) is 0 Å². The molecule has 0 amide bonds. The molecule has 0 aliphatic rings. The van der Waals surface area contributed by atoms with Gasteiger partial charge in [0.05, 0.1) is 15.6 Å². The summed E-state index contributed by atoms with van der Waals surface area (Å²) >= 11 is 6.06. The molecule has 0 saturated carbocycles. The Morgan fingerprint density at radius 3 is 3.00 bits per heavy atom. The van der Waals surface area contributed by atoms with Gasteiger partial charge in [-0.2, -0.15) is 12.6 Å². The number of rotatable bonds is 2. The highest BCUT2D eigenvalue weighted by Crippen LogP contribution is 2.00. The Balaban J connectivity index is 3.18. The molecule has 1 rings (SSSR count). The molecular weight excluding hydrogens is 287 g/mol. The molecule has 0 atom stereocenters. The first-order chi connectivity index (χ1) is 5.66. The molecule has 0 N–H and O–H groups in total. The second kappa shape index (κ2) is 4.27. The maximum Gasteiger partial charge on any atom is 0.267 e. The van der Waals surface area contributed by atoms with E-state index < -0.39 is 0 Å². The Morgan fingerprint density at radius 2 is 2.42 bits per heavy atom. The average molecular weight is 296 g/mol. The molecule has 0 spiro atoms. The highest BCUT2D eigenvalue weighted by Gasteiger charge is 2.03. The van der Waals surface area contributed by atoms with Gasteiger partial charge < -0.3 is 0 Å². The van der Waals surface area contributed by atoms with Gasteiger partial charge in [-0.05, 0) is 29.5 Å². The summed E-state index contributed by atoms with van der Waals surface area (Å²) in [5, 5.41) is 0. The number of aryl methyl sites for hydroxylation is 2. The van der Waals surface area contributed by atoms with E-state index in [2.05, 4.69) is 17.6 Å². The second-order valence-electron chi connectivity index (χ2n) is 2.37. The van der Waals surface area contributed by atoms with E-state index in [1.54, 1.807) is 10.9 Å². The maximum atomic E-state index is 11.5. The van der Waals surface area contributed by atoms with Crippen molar-refractivity contribution in [2.45, 2.75) is 13.5 Å². The molecule has 0 aromatic carbocycles. The second-order valence-corrected chi connectivity index (χ2v) is 3.89. The minimum atomic E-state index is 0.0251. The van der Waals surface area contributed by atoms with E-state index in [1.807, 2.05) is 29.5 Å². The zero-order valence-corrected chi connectivity index (χ0v) is 9.67. The SMILES string of the molecule is Cc1ncn(CCS)c(=O)c1I. The summed E-state index contributed by atoms with van der Waals surface area (Å²) in [5.74, 6) is 0.653. The van der Waals surface area contributed by atoms with Crippen molar-refractivity contribution >= 4 is 35.2 Å². The zero-order chi connectivity index (χ0) is 9.14. The molecule has 5 heteroatoms. The number of aromatic nitrogens is 2. The predicted molar refractivity (Wildman–Crippen MR) is 59.8 cm³/mol. The Hall–Kier alpha value is -0.0400. The third kappa shape index (κ3) is 2.01. The first-order valence-electron chi connectivity index (χ1n) is 3.49. The predicted octanol–water partition coefficient (Wildman–Crippen LogP) is 1.09. The van der Waals surface area contributed by atoms with Crippen molar-refractivity contribution in [1.29, 1.82) is 0 Å². The largest absolute Gasteiger partial charge is 0.298 e. The quantitative estimate of drug-likeness (QED) is 0.655. The van der Waals surface area contributed by atoms with Crippen LogP contribution in [0.4, 0.5) is 0 Å². The fourth-order valence-electron chi connectivity index (χ4n) is 0.813. The molecule has 1 aromatic heterocycles. The highest BCUT2D eigenvalue weighted by molar-refractivity contribution is 14.1. The van der Waals surface area contributed by atoms with E-state index in [0.717, 1.165) is 5.69 Å². The minimum Gasteiger partial charge on any atom is -0.298 e. The fourth-order valence-corrected chi connectivity index (χ4v) is 1.48. The van der Waals surface area contributed by atoms with Gasteiger partial charge in [0.25, 0.3) is 5.56 Å². The lowest BCUT2D eigenvalue weighted by Gasteiger charge is -2.03. The summed E-state index contributed by atoms with van der Waals surface area (Å²) in [4.78, 5) is 15.5. The van der Waals surface area contributed by atoms with Crippen LogP contribution < -0.4 is 5.56 Å². The van der Waals surface area contributed by atoms with Gasteiger partial charge in [0.15, 0.2) is 0 Å². The van der Waals surface area contributed by atoms with E-state index >= 15 is 0 Å².